The third kappa shape index (κ3) is 13.2. The van der Waals surface area contributed by atoms with Gasteiger partial charge in [0.05, 0.1) is 11.2 Å². The van der Waals surface area contributed by atoms with E-state index in [1.165, 1.54) is 6.42 Å². The minimum atomic E-state index is -0.459. The SMILES string of the molecule is CC(C)CCCCC(=O)NCC(C)(C)OC(C)(C)CCNC(=O)C(C)C. The second kappa shape index (κ2) is 11.6. The summed E-state index contributed by atoms with van der Waals surface area (Å²) >= 11 is 0. The second-order valence-corrected chi connectivity index (χ2v) is 9.23. The van der Waals surface area contributed by atoms with Crippen LogP contribution in [0.25, 0.3) is 0 Å². The number of nitrogens with one attached hydrogen (secondary N) is 2. The standard InChI is InChI=1S/C21H42N2O3/c1-16(2)11-9-10-12-18(24)23-15-21(7,8)26-20(5,6)13-14-22-19(25)17(3)4/h16-17H,9-15H2,1-8H3,(H,22,25)(H,23,24). The molecule has 0 rings (SSSR count). The summed E-state index contributed by atoms with van der Waals surface area (Å²) in [5.74, 6) is 0.835. The Bertz CT molecular complexity index is 429. The van der Waals surface area contributed by atoms with Crippen LogP contribution in [0.5, 0.6) is 0 Å². The number of hydrogen-bond donors (Lipinski definition) is 2. The molecule has 0 aliphatic rings. The molecule has 0 unspecified atom stereocenters. The summed E-state index contributed by atoms with van der Waals surface area (Å²) in [5, 5.41) is 5.91. The van der Waals surface area contributed by atoms with Crippen molar-refractivity contribution in [1.29, 1.82) is 0 Å². The van der Waals surface area contributed by atoms with E-state index in [-0.39, 0.29) is 23.3 Å². The molecule has 26 heavy (non-hydrogen) atoms. The van der Waals surface area contributed by atoms with Gasteiger partial charge in [0.1, 0.15) is 0 Å². The van der Waals surface area contributed by atoms with Gasteiger partial charge in [0.2, 0.25) is 11.8 Å². The predicted octanol–water partition coefficient (Wildman–Crippen LogP) is 4.06. The zero-order chi connectivity index (χ0) is 20.4. The Hall–Kier alpha value is -1.10. The molecular weight excluding hydrogens is 328 g/mol. The van der Waals surface area contributed by atoms with Gasteiger partial charge < -0.3 is 15.4 Å². The highest BCUT2D eigenvalue weighted by molar-refractivity contribution is 5.77. The third-order valence-electron chi connectivity index (χ3n) is 4.25. The van der Waals surface area contributed by atoms with Gasteiger partial charge in [0.25, 0.3) is 0 Å². The smallest absolute Gasteiger partial charge is 0.222 e. The summed E-state index contributed by atoms with van der Waals surface area (Å²) in [4.78, 5) is 23.6. The number of unbranched alkanes of at least 4 members (excludes halogenated alkanes) is 1. The van der Waals surface area contributed by atoms with Gasteiger partial charge in [-0.1, -0.05) is 40.5 Å². The van der Waals surface area contributed by atoms with Crippen molar-refractivity contribution in [1.82, 2.24) is 10.6 Å². The van der Waals surface area contributed by atoms with E-state index in [9.17, 15) is 9.59 Å². The number of amides is 2. The molecule has 154 valence electrons. The predicted molar refractivity (Wildman–Crippen MR) is 108 cm³/mol. The lowest BCUT2D eigenvalue weighted by Gasteiger charge is -2.36. The zero-order valence-corrected chi connectivity index (χ0v) is 18.3. The van der Waals surface area contributed by atoms with E-state index in [0.29, 0.717) is 25.4 Å². The highest BCUT2D eigenvalue weighted by Gasteiger charge is 2.29. The molecule has 0 saturated carbocycles. The Morgan fingerprint density at radius 2 is 1.54 bits per heavy atom. The van der Waals surface area contributed by atoms with Gasteiger partial charge in [-0.15, -0.1) is 0 Å². The van der Waals surface area contributed by atoms with Crippen LogP contribution in [-0.2, 0) is 14.3 Å². The largest absolute Gasteiger partial charge is 0.368 e. The van der Waals surface area contributed by atoms with Gasteiger partial charge in [0.15, 0.2) is 0 Å². The number of carbonyl (C=O) groups is 2. The monoisotopic (exact) mass is 370 g/mol. The minimum Gasteiger partial charge on any atom is -0.368 e. The molecule has 0 aliphatic carbocycles. The Balaban J connectivity index is 4.16. The Kier molecular flexibility index (Phi) is 11.1. The summed E-state index contributed by atoms with van der Waals surface area (Å²) in [6.07, 6.45) is 4.50. The fourth-order valence-corrected chi connectivity index (χ4v) is 2.76. The molecule has 0 aromatic rings. The molecule has 2 N–H and O–H groups in total. The molecule has 0 spiro atoms. The molecule has 0 aromatic heterocycles. The van der Waals surface area contributed by atoms with Gasteiger partial charge in [-0.25, -0.2) is 0 Å². The Morgan fingerprint density at radius 1 is 0.923 bits per heavy atom. The molecule has 0 atom stereocenters. The fraction of sp³-hybridized carbons (Fsp3) is 0.905. The van der Waals surface area contributed by atoms with Crippen molar-refractivity contribution in [3.05, 3.63) is 0 Å². The van der Waals surface area contributed by atoms with Gasteiger partial charge in [-0.05, 0) is 46.5 Å². The van der Waals surface area contributed by atoms with Gasteiger partial charge in [-0.2, -0.15) is 0 Å². The molecule has 5 nitrogen and oxygen atoms in total. The first-order valence-electron chi connectivity index (χ1n) is 10.1. The maximum Gasteiger partial charge on any atom is 0.222 e. The zero-order valence-electron chi connectivity index (χ0n) is 18.3. The average molecular weight is 371 g/mol. The molecule has 0 fully saturated rings. The van der Waals surface area contributed by atoms with Gasteiger partial charge in [0, 0.05) is 25.4 Å². The summed E-state index contributed by atoms with van der Waals surface area (Å²) < 4.78 is 6.21. The highest BCUT2D eigenvalue weighted by Crippen LogP contribution is 2.22. The molecular formula is C21H42N2O3. The molecule has 0 aromatic carbocycles. The molecule has 5 heteroatoms. The van der Waals surface area contributed by atoms with Crippen LogP contribution in [0.3, 0.4) is 0 Å². The first kappa shape index (κ1) is 24.9. The molecule has 0 saturated heterocycles. The van der Waals surface area contributed by atoms with Crippen LogP contribution in [0.4, 0.5) is 0 Å². The molecule has 2 amide bonds. The topological polar surface area (TPSA) is 67.4 Å². The maximum atomic E-state index is 12.0. The van der Waals surface area contributed by atoms with Crippen LogP contribution >= 0.6 is 0 Å². The van der Waals surface area contributed by atoms with Crippen LogP contribution in [0.2, 0.25) is 0 Å². The van der Waals surface area contributed by atoms with Crippen molar-refractivity contribution in [2.75, 3.05) is 13.1 Å². The summed E-state index contributed by atoms with van der Waals surface area (Å²) in [6, 6.07) is 0. The van der Waals surface area contributed by atoms with Crippen LogP contribution in [0, 0.1) is 11.8 Å². The number of carbonyl (C=O) groups excluding carboxylic acids is 2. The van der Waals surface area contributed by atoms with E-state index >= 15 is 0 Å². The number of ether oxygens (including phenoxy) is 1. The summed E-state index contributed by atoms with van der Waals surface area (Å²) in [6.45, 7) is 17.2. The van der Waals surface area contributed by atoms with E-state index in [0.717, 1.165) is 19.3 Å². The highest BCUT2D eigenvalue weighted by atomic mass is 16.5. The van der Waals surface area contributed by atoms with Crippen molar-refractivity contribution in [3.63, 3.8) is 0 Å². The maximum absolute atomic E-state index is 12.0. The quantitative estimate of drug-likeness (QED) is 0.481. The number of rotatable bonds is 13. The van der Waals surface area contributed by atoms with E-state index in [2.05, 4.69) is 24.5 Å². The first-order chi connectivity index (χ1) is 11.8. The Labute approximate surface area is 161 Å². The fourth-order valence-electron chi connectivity index (χ4n) is 2.76. The van der Waals surface area contributed by atoms with Crippen LogP contribution in [-0.4, -0.2) is 36.1 Å². The third-order valence-corrected chi connectivity index (χ3v) is 4.25. The average Bonchev–Trinajstić information content (AvgIpc) is 2.48. The minimum absolute atomic E-state index is 0.00813. The van der Waals surface area contributed by atoms with E-state index in [4.69, 9.17) is 4.74 Å². The molecule has 0 radical (unpaired) electrons. The van der Waals surface area contributed by atoms with E-state index in [1.54, 1.807) is 0 Å². The lowest BCUT2D eigenvalue weighted by Crippen LogP contribution is -2.46. The summed E-state index contributed by atoms with van der Waals surface area (Å²) in [5.41, 5.74) is -0.838. The van der Waals surface area contributed by atoms with Gasteiger partial charge >= 0.3 is 0 Å². The van der Waals surface area contributed by atoms with Gasteiger partial charge in [-0.3, -0.25) is 9.59 Å². The van der Waals surface area contributed by atoms with Crippen molar-refractivity contribution >= 4 is 11.8 Å². The van der Waals surface area contributed by atoms with E-state index in [1.807, 2.05) is 41.5 Å². The lowest BCUT2D eigenvalue weighted by atomic mass is 10.0. The Morgan fingerprint density at radius 3 is 2.08 bits per heavy atom. The first-order valence-corrected chi connectivity index (χ1v) is 10.1. The molecule has 0 aliphatic heterocycles. The van der Waals surface area contributed by atoms with Crippen LogP contribution < -0.4 is 10.6 Å². The molecule has 0 bridgehead atoms. The van der Waals surface area contributed by atoms with Crippen molar-refractivity contribution in [3.8, 4) is 0 Å². The lowest BCUT2D eigenvalue weighted by molar-refractivity contribution is -0.135. The van der Waals surface area contributed by atoms with Crippen LogP contribution in [0.1, 0.15) is 87.5 Å². The van der Waals surface area contributed by atoms with Crippen molar-refractivity contribution < 1.29 is 14.3 Å². The van der Waals surface area contributed by atoms with E-state index < -0.39 is 5.60 Å². The second-order valence-electron chi connectivity index (χ2n) is 9.23. The van der Waals surface area contributed by atoms with Crippen LogP contribution in [0.15, 0.2) is 0 Å². The molecule has 0 heterocycles. The normalized spacial score (nSPS) is 12.5. The van der Waals surface area contributed by atoms with Crippen molar-refractivity contribution in [2.24, 2.45) is 11.8 Å². The summed E-state index contributed by atoms with van der Waals surface area (Å²) in [7, 11) is 0. The van der Waals surface area contributed by atoms with Crippen molar-refractivity contribution in [2.45, 2.75) is 98.7 Å². The number of hydrogen-bond acceptors (Lipinski definition) is 3.